The molecule has 2 fully saturated rings. The molecule has 0 spiro atoms. The van der Waals surface area contributed by atoms with Gasteiger partial charge in [0.25, 0.3) is 0 Å². The number of sulfone groups is 1. The fourth-order valence-electron chi connectivity index (χ4n) is 3.39. The van der Waals surface area contributed by atoms with Gasteiger partial charge in [0.15, 0.2) is 0 Å². The van der Waals surface area contributed by atoms with Crippen LogP contribution < -0.4 is 5.46 Å². The van der Waals surface area contributed by atoms with E-state index in [2.05, 4.69) is 9.97 Å². The number of piperidine rings is 1. The summed E-state index contributed by atoms with van der Waals surface area (Å²) in [7, 11) is -4.22. The SMILES string of the molecule is CC(=O)N1CCC(CS(=O)(=O)c2ncc(B3OC(C)(C)C(C)(C)O3)cn2)CC1. The molecule has 10 heteroatoms. The second-order valence-corrected chi connectivity index (χ2v) is 10.5. The summed E-state index contributed by atoms with van der Waals surface area (Å²) in [5.41, 5.74) is -0.388. The van der Waals surface area contributed by atoms with Gasteiger partial charge >= 0.3 is 7.12 Å². The smallest absolute Gasteiger partial charge is 0.399 e. The van der Waals surface area contributed by atoms with Crippen LogP contribution in [-0.2, 0) is 23.9 Å². The van der Waals surface area contributed by atoms with Crippen molar-refractivity contribution in [3.8, 4) is 0 Å². The standard InChI is InChI=1S/C18H28BN3O5S/c1-13(23)22-8-6-14(7-9-22)12-28(24,25)16-20-10-15(11-21-16)19-26-17(2,3)18(4,5)27-19/h10-11,14H,6-9,12H2,1-5H3. The van der Waals surface area contributed by atoms with Crippen molar-refractivity contribution < 1.29 is 22.5 Å². The van der Waals surface area contributed by atoms with Gasteiger partial charge in [0, 0.05) is 37.9 Å². The highest BCUT2D eigenvalue weighted by Crippen LogP contribution is 2.36. The van der Waals surface area contributed by atoms with Gasteiger partial charge in [-0.05, 0) is 46.5 Å². The van der Waals surface area contributed by atoms with Crippen molar-refractivity contribution in [1.82, 2.24) is 14.9 Å². The molecule has 0 atom stereocenters. The largest absolute Gasteiger partial charge is 0.498 e. The molecule has 8 nitrogen and oxygen atoms in total. The molecule has 0 saturated carbocycles. The predicted molar refractivity (Wildman–Crippen MR) is 105 cm³/mol. The quantitative estimate of drug-likeness (QED) is 0.536. The first-order chi connectivity index (χ1) is 12.9. The summed E-state index contributed by atoms with van der Waals surface area (Å²) in [5.74, 6) is 0.0316. The minimum Gasteiger partial charge on any atom is -0.399 e. The Morgan fingerprint density at radius 3 is 2.11 bits per heavy atom. The first kappa shape index (κ1) is 21.2. The minimum atomic E-state index is -3.59. The second-order valence-electron chi connectivity index (χ2n) is 8.62. The second kappa shape index (κ2) is 7.38. The van der Waals surface area contributed by atoms with E-state index < -0.39 is 28.2 Å². The molecule has 0 unspecified atom stereocenters. The maximum atomic E-state index is 12.7. The Kier molecular flexibility index (Phi) is 5.59. The molecule has 3 heterocycles. The molecule has 0 radical (unpaired) electrons. The van der Waals surface area contributed by atoms with Crippen molar-refractivity contribution in [2.75, 3.05) is 18.8 Å². The average molecular weight is 409 g/mol. The zero-order chi connectivity index (χ0) is 20.7. The first-order valence-corrected chi connectivity index (χ1v) is 11.2. The number of rotatable bonds is 4. The third kappa shape index (κ3) is 4.23. The molecule has 2 aliphatic heterocycles. The number of nitrogens with zero attached hydrogens (tertiary/aromatic N) is 3. The van der Waals surface area contributed by atoms with Gasteiger partial charge in [-0.1, -0.05) is 0 Å². The van der Waals surface area contributed by atoms with Crippen molar-refractivity contribution in [3.63, 3.8) is 0 Å². The molecule has 2 saturated heterocycles. The molecule has 3 rings (SSSR count). The third-order valence-corrected chi connectivity index (χ3v) is 7.64. The van der Waals surface area contributed by atoms with E-state index in [1.54, 1.807) is 4.90 Å². The van der Waals surface area contributed by atoms with Crippen LogP contribution in [0.3, 0.4) is 0 Å². The Morgan fingerprint density at radius 1 is 1.14 bits per heavy atom. The Morgan fingerprint density at radius 2 is 1.64 bits per heavy atom. The van der Waals surface area contributed by atoms with Crippen molar-refractivity contribution in [2.45, 2.75) is 63.8 Å². The summed E-state index contributed by atoms with van der Waals surface area (Å²) in [5, 5.41) is -0.179. The molecule has 28 heavy (non-hydrogen) atoms. The normalized spacial score (nSPS) is 22.5. The molecule has 154 valence electrons. The van der Waals surface area contributed by atoms with E-state index in [0.29, 0.717) is 31.4 Å². The lowest BCUT2D eigenvalue weighted by molar-refractivity contribution is -0.130. The third-order valence-electron chi connectivity index (χ3n) is 5.97. The molecular formula is C18H28BN3O5S. The summed E-state index contributed by atoms with van der Waals surface area (Å²) >= 11 is 0. The molecular weight excluding hydrogens is 381 g/mol. The van der Waals surface area contributed by atoms with E-state index in [0.717, 1.165) is 0 Å². The predicted octanol–water partition coefficient (Wildman–Crippen LogP) is 0.808. The van der Waals surface area contributed by atoms with Gasteiger partial charge in [-0.2, -0.15) is 0 Å². The molecule has 2 aliphatic rings. The van der Waals surface area contributed by atoms with E-state index in [-0.39, 0.29) is 22.7 Å². The van der Waals surface area contributed by atoms with Gasteiger partial charge in [0.05, 0.1) is 17.0 Å². The number of hydrogen-bond acceptors (Lipinski definition) is 7. The molecule has 1 aromatic heterocycles. The van der Waals surface area contributed by atoms with E-state index in [1.165, 1.54) is 19.3 Å². The zero-order valence-corrected chi connectivity index (χ0v) is 18.0. The number of aromatic nitrogens is 2. The van der Waals surface area contributed by atoms with Gasteiger partial charge in [0.1, 0.15) is 0 Å². The van der Waals surface area contributed by atoms with E-state index >= 15 is 0 Å². The van der Waals surface area contributed by atoms with Crippen LogP contribution in [0.2, 0.25) is 0 Å². The van der Waals surface area contributed by atoms with Gasteiger partial charge in [-0.3, -0.25) is 4.79 Å². The fourth-order valence-corrected chi connectivity index (χ4v) is 4.92. The van der Waals surface area contributed by atoms with Crippen LogP contribution in [-0.4, -0.2) is 66.4 Å². The average Bonchev–Trinajstić information content (AvgIpc) is 2.83. The minimum absolute atomic E-state index is 0.00537. The van der Waals surface area contributed by atoms with Crippen molar-refractivity contribution in [2.24, 2.45) is 5.92 Å². The van der Waals surface area contributed by atoms with Crippen molar-refractivity contribution >= 4 is 28.3 Å². The number of likely N-dealkylation sites (tertiary alicyclic amines) is 1. The van der Waals surface area contributed by atoms with Crippen LogP contribution in [0.5, 0.6) is 0 Å². The fraction of sp³-hybridized carbons (Fsp3) is 0.722. The Labute approximate surface area is 167 Å². The van der Waals surface area contributed by atoms with Crippen LogP contribution >= 0.6 is 0 Å². The highest BCUT2D eigenvalue weighted by molar-refractivity contribution is 7.91. The van der Waals surface area contributed by atoms with Crippen LogP contribution in [0.15, 0.2) is 17.6 Å². The van der Waals surface area contributed by atoms with E-state index in [1.807, 2.05) is 27.7 Å². The maximum absolute atomic E-state index is 12.7. The molecule has 1 amide bonds. The molecule has 0 N–H and O–H groups in total. The maximum Gasteiger partial charge on any atom is 0.498 e. The number of carbonyl (C=O) groups is 1. The topological polar surface area (TPSA) is 98.7 Å². The summed E-state index contributed by atoms with van der Waals surface area (Å²) < 4.78 is 37.3. The first-order valence-electron chi connectivity index (χ1n) is 9.57. The lowest BCUT2D eigenvalue weighted by Crippen LogP contribution is -2.41. The van der Waals surface area contributed by atoms with Gasteiger partial charge in [0.2, 0.25) is 20.9 Å². The highest BCUT2D eigenvalue weighted by atomic mass is 32.2. The zero-order valence-electron chi connectivity index (χ0n) is 17.1. The lowest BCUT2D eigenvalue weighted by atomic mass is 9.81. The molecule has 0 bridgehead atoms. The Bertz CT molecular complexity index is 817. The van der Waals surface area contributed by atoms with Crippen molar-refractivity contribution in [1.29, 1.82) is 0 Å². The number of carbonyl (C=O) groups excluding carboxylic acids is 1. The number of hydrogen-bond donors (Lipinski definition) is 0. The number of amides is 1. The Hall–Kier alpha value is -1.52. The van der Waals surface area contributed by atoms with E-state index in [9.17, 15) is 13.2 Å². The van der Waals surface area contributed by atoms with Crippen LogP contribution in [0, 0.1) is 5.92 Å². The van der Waals surface area contributed by atoms with Crippen LogP contribution in [0.4, 0.5) is 0 Å². The van der Waals surface area contributed by atoms with Crippen molar-refractivity contribution in [3.05, 3.63) is 12.4 Å². The summed E-state index contributed by atoms with van der Waals surface area (Å²) in [6.07, 6.45) is 4.26. The van der Waals surface area contributed by atoms with Gasteiger partial charge in [-0.15, -0.1) is 0 Å². The summed E-state index contributed by atoms with van der Waals surface area (Å²) in [6.45, 7) is 10.5. The lowest BCUT2D eigenvalue weighted by Gasteiger charge is -2.32. The van der Waals surface area contributed by atoms with Crippen LogP contribution in [0.25, 0.3) is 0 Å². The highest BCUT2D eigenvalue weighted by Gasteiger charge is 2.52. The van der Waals surface area contributed by atoms with Gasteiger partial charge < -0.3 is 14.2 Å². The van der Waals surface area contributed by atoms with Crippen LogP contribution in [0.1, 0.15) is 47.5 Å². The van der Waals surface area contributed by atoms with Gasteiger partial charge in [-0.25, -0.2) is 18.4 Å². The monoisotopic (exact) mass is 409 g/mol. The molecule has 0 aromatic carbocycles. The Balaban J connectivity index is 1.65. The summed E-state index contributed by atoms with van der Waals surface area (Å²) in [4.78, 5) is 21.3. The molecule has 0 aliphatic carbocycles. The van der Waals surface area contributed by atoms with E-state index in [4.69, 9.17) is 9.31 Å². The molecule has 1 aromatic rings. The summed E-state index contributed by atoms with van der Waals surface area (Å²) in [6, 6.07) is 0.